The Morgan fingerprint density at radius 3 is 2.77 bits per heavy atom. The average molecular weight is 417 g/mol. The first-order valence-corrected chi connectivity index (χ1v) is 10.0. The fourth-order valence-electron chi connectivity index (χ4n) is 3.80. The zero-order valence-corrected chi connectivity index (χ0v) is 16.7. The third kappa shape index (κ3) is 4.02. The zero-order chi connectivity index (χ0) is 21.2. The predicted octanol–water partition coefficient (Wildman–Crippen LogP) is 3.07. The standard InChI is InChI=1S/C23H20FN5O2/c24-18-2-3-19(26-12-18)11-22(30)28-9-10-31-21(14-28)23-20-4-1-17(13-29(20)15-27-23)16-5-7-25-8-6-16/h1-8,12-13,15,21H,9-11,14H2. The molecular weight excluding hydrogens is 397 g/mol. The fourth-order valence-corrected chi connectivity index (χ4v) is 3.80. The molecule has 5 heterocycles. The smallest absolute Gasteiger partial charge is 0.228 e. The summed E-state index contributed by atoms with van der Waals surface area (Å²) in [6.07, 6.45) is 8.27. The van der Waals surface area contributed by atoms with Crippen molar-refractivity contribution in [2.75, 3.05) is 19.7 Å². The lowest BCUT2D eigenvalue weighted by Gasteiger charge is -2.32. The van der Waals surface area contributed by atoms with Crippen LogP contribution in [0, 0.1) is 5.82 Å². The van der Waals surface area contributed by atoms with E-state index >= 15 is 0 Å². The number of halogens is 1. The van der Waals surface area contributed by atoms with Gasteiger partial charge < -0.3 is 14.0 Å². The first kappa shape index (κ1) is 19.3. The maximum atomic E-state index is 13.1. The molecular formula is C23H20FN5O2. The number of amides is 1. The van der Waals surface area contributed by atoms with Gasteiger partial charge in [0.25, 0.3) is 0 Å². The molecule has 1 aliphatic heterocycles. The number of ether oxygens (including phenoxy) is 1. The molecule has 1 atom stereocenters. The molecule has 1 amide bonds. The van der Waals surface area contributed by atoms with Crippen LogP contribution in [-0.2, 0) is 16.0 Å². The van der Waals surface area contributed by atoms with E-state index in [9.17, 15) is 9.18 Å². The summed E-state index contributed by atoms with van der Waals surface area (Å²) in [5.74, 6) is -0.475. The quantitative estimate of drug-likeness (QED) is 0.510. The fraction of sp³-hybridized carbons (Fsp3) is 0.217. The second kappa shape index (κ2) is 8.23. The number of carbonyl (C=O) groups is 1. The number of carbonyl (C=O) groups excluding carboxylic acids is 1. The Morgan fingerprint density at radius 1 is 1.10 bits per heavy atom. The maximum Gasteiger partial charge on any atom is 0.228 e. The van der Waals surface area contributed by atoms with Crippen molar-refractivity contribution in [3.05, 3.63) is 84.7 Å². The molecule has 1 saturated heterocycles. The van der Waals surface area contributed by atoms with E-state index in [-0.39, 0.29) is 18.4 Å². The summed E-state index contributed by atoms with van der Waals surface area (Å²) in [6, 6.07) is 10.8. The minimum Gasteiger partial charge on any atom is -0.368 e. The van der Waals surface area contributed by atoms with E-state index in [2.05, 4.69) is 15.0 Å². The molecule has 1 fully saturated rings. The summed E-state index contributed by atoms with van der Waals surface area (Å²) in [6.45, 7) is 1.36. The largest absolute Gasteiger partial charge is 0.368 e. The van der Waals surface area contributed by atoms with Crippen molar-refractivity contribution >= 4 is 11.4 Å². The normalized spacial score (nSPS) is 16.5. The monoisotopic (exact) mass is 417 g/mol. The lowest BCUT2D eigenvalue weighted by Crippen LogP contribution is -2.43. The molecule has 0 saturated carbocycles. The summed E-state index contributed by atoms with van der Waals surface area (Å²) >= 11 is 0. The molecule has 4 aromatic rings. The number of pyridine rings is 3. The van der Waals surface area contributed by atoms with E-state index in [4.69, 9.17) is 4.74 Å². The van der Waals surface area contributed by atoms with Crippen molar-refractivity contribution in [2.45, 2.75) is 12.5 Å². The van der Waals surface area contributed by atoms with Crippen molar-refractivity contribution < 1.29 is 13.9 Å². The van der Waals surface area contributed by atoms with Gasteiger partial charge in [-0.05, 0) is 41.5 Å². The molecule has 0 spiro atoms. The van der Waals surface area contributed by atoms with E-state index in [1.54, 1.807) is 23.6 Å². The Hall–Kier alpha value is -3.65. The van der Waals surface area contributed by atoms with Crippen LogP contribution in [-0.4, -0.2) is 49.9 Å². The molecule has 156 valence electrons. The average Bonchev–Trinajstić information content (AvgIpc) is 3.24. The number of aromatic nitrogens is 4. The van der Waals surface area contributed by atoms with Gasteiger partial charge in [-0.3, -0.25) is 14.8 Å². The Kier molecular flexibility index (Phi) is 5.13. The van der Waals surface area contributed by atoms with Crippen LogP contribution < -0.4 is 0 Å². The van der Waals surface area contributed by atoms with Crippen LogP contribution in [0.25, 0.3) is 16.6 Å². The van der Waals surface area contributed by atoms with Crippen molar-refractivity contribution in [1.29, 1.82) is 0 Å². The summed E-state index contributed by atoms with van der Waals surface area (Å²) < 4.78 is 21.0. The van der Waals surface area contributed by atoms with Crippen LogP contribution in [0.3, 0.4) is 0 Å². The van der Waals surface area contributed by atoms with Gasteiger partial charge in [-0.25, -0.2) is 9.37 Å². The highest BCUT2D eigenvalue weighted by Gasteiger charge is 2.28. The van der Waals surface area contributed by atoms with Crippen LogP contribution in [0.1, 0.15) is 17.5 Å². The van der Waals surface area contributed by atoms with Crippen LogP contribution in [0.15, 0.2) is 67.5 Å². The molecule has 8 heteroatoms. The Labute approximate surface area is 178 Å². The second-order valence-electron chi connectivity index (χ2n) is 7.42. The molecule has 0 aliphatic carbocycles. The number of nitrogens with zero attached hydrogens (tertiary/aromatic N) is 5. The lowest BCUT2D eigenvalue weighted by molar-refractivity contribution is -0.138. The second-order valence-corrected chi connectivity index (χ2v) is 7.42. The van der Waals surface area contributed by atoms with Gasteiger partial charge in [0.2, 0.25) is 5.91 Å². The van der Waals surface area contributed by atoms with Gasteiger partial charge in [-0.15, -0.1) is 0 Å². The van der Waals surface area contributed by atoms with Gasteiger partial charge in [0, 0.05) is 30.8 Å². The van der Waals surface area contributed by atoms with Crippen LogP contribution in [0.5, 0.6) is 0 Å². The molecule has 0 aromatic carbocycles. The topological polar surface area (TPSA) is 72.6 Å². The van der Waals surface area contributed by atoms with Crippen LogP contribution in [0.2, 0.25) is 0 Å². The first-order valence-electron chi connectivity index (χ1n) is 10.0. The van der Waals surface area contributed by atoms with Crippen molar-refractivity contribution in [3.63, 3.8) is 0 Å². The van der Waals surface area contributed by atoms with Gasteiger partial charge in [0.15, 0.2) is 0 Å². The first-order chi connectivity index (χ1) is 15.2. The van der Waals surface area contributed by atoms with E-state index in [1.165, 1.54) is 12.1 Å². The highest BCUT2D eigenvalue weighted by Crippen LogP contribution is 2.27. The third-order valence-corrected chi connectivity index (χ3v) is 5.42. The highest BCUT2D eigenvalue weighted by molar-refractivity contribution is 5.78. The number of imidazole rings is 1. The molecule has 4 aromatic heterocycles. The Bertz CT molecular complexity index is 1210. The maximum absolute atomic E-state index is 13.1. The van der Waals surface area contributed by atoms with E-state index < -0.39 is 5.82 Å². The lowest BCUT2D eigenvalue weighted by atomic mass is 10.1. The molecule has 7 nitrogen and oxygen atoms in total. The number of rotatable bonds is 4. The minimum absolute atomic E-state index is 0.0594. The van der Waals surface area contributed by atoms with Crippen molar-refractivity contribution in [1.82, 2.24) is 24.3 Å². The van der Waals surface area contributed by atoms with Gasteiger partial charge in [0.1, 0.15) is 11.9 Å². The molecule has 31 heavy (non-hydrogen) atoms. The number of morpholine rings is 1. The SMILES string of the molecule is O=C(Cc1ccc(F)cn1)N1CCOC(c2ncn3cc(-c4ccncc4)ccc23)C1. The summed E-state index contributed by atoms with van der Waals surface area (Å²) in [5.41, 5.74) is 4.43. The van der Waals surface area contributed by atoms with E-state index in [0.717, 1.165) is 28.5 Å². The molecule has 0 radical (unpaired) electrons. The molecule has 5 rings (SSSR count). The highest BCUT2D eigenvalue weighted by atomic mass is 19.1. The van der Waals surface area contributed by atoms with Gasteiger partial charge >= 0.3 is 0 Å². The summed E-state index contributed by atoms with van der Waals surface area (Å²) in [5, 5.41) is 0. The molecule has 1 unspecified atom stereocenters. The van der Waals surface area contributed by atoms with Crippen molar-refractivity contribution in [3.8, 4) is 11.1 Å². The van der Waals surface area contributed by atoms with Crippen LogP contribution in [0.4, 0.5) is 4.39 Å². The number of hydrogen-bond acceptors (Lipinski definition) is 5. The molecule has 0 N–H and O–H groups in total. The predicted molar refractivity (Wildman–Crippen MR) is 112 cm³/mol. The van der Waals surface area contributed by atoms with Gasteiger partial charge in [-0.2, -0.15) is 0 Å². The summed E-state index contributed by atoms with van der Waals surface area (Å²) in [4.78, 5) is 27.1. The van der Waals surface area contributed by atoms with Crippen molar-refractivity contribution in [2.24, 2.45) is 0 Å². The molecule has 1 aliphatic rings. The minimum atomic E-state index is -0.415. The Balaban J connectivity index is 1.34. The zero-order valence-electron chi connectivity index (χ0n) is 16.7. The number of hydrogen-bond donors (Lipinski definition) is 0. The third-order valence-electron chi connectivity index (χ3n) is 5.42. The van der Waals surface area contributed by atoms with Gasteiger partial charge in [0.05, 0.1) is 43.3 Å². The molecule has 0 bridgehead atoms. The van der Waals surface area contributed by atoms with E-state index in [1.807, 2.05) is 34.9 Å². The van der Waals surface area contributed by atoms with E-state index in [0.29, 0.717) is 25.4 Å². The summed E-state index contributed by atoms with van der Waals surface area (Å²) in [7, 11) is 0. The Morgan fingerprint density at radius 2 is 1.97 bits per heavy atom. The van der Waals surface area contributed by atoms with Crippen LogP contribution >= 0.6 is 0 Å². The van der Waals surface area contributed by atoms with Gasteiger partial charge in [-0.1, -0.05) is 6.07 Å². The number of fused-ring (bicyclic) bond motifs is 1.